The Bertz CT molecular complexity index is 1440. The van der Waals surface area contributed by atoms with E-state index in [0.717, 1.165) is 16.0 Å². The highest BCUT2D eigenvalue weighted by Crippen LogP contribution is 2.33. The third-order valence-electron chi connectivity index (χ3n) is 6.99. The second kappa shape index (κ2) is 10.1. The zero-order valence-electron chi connectivity index (χ0n) is 21.6. The summed E-state index contributed by atoms with van der Waals surface area (Å²) >= 11 is 0. The second-order valence-electron chi connectivity index (χ2n) is 9.85. The molecular formula is C30H29N3O5. The maximum absolute atomic E-state index is 13.6. The van der Waals surface area contributed by atoms with Crippen molar-refractivity contribution in [2.24, 2.45) is 0 Å². The third-order valence-corrected chi connectivity index (χ3v) is 6.99. The summed E-state index contributed by atoms with van der Waals surface area (Å²) in [6, 6.07) is 22.5. The molecule has 0 spiro atoms. The van der Waals surface area contributed by atoms with Gasteiger partial charge in [-0.05, 0) is 68.8 Å². The van der Waals surface area contributed by atoms with Crippen LogP contribution in [-0.2, 0) is 14.4 Å². The van der Waals surface area contributed by atoms with Gasteiger partial charge in [-0.15, -0.1) is 0 Å². The normalized spacial score (nSPS) is 15.8. The maximum Gasteiger partial charge on any atom is 0.261 e. The van der Waals surface area contributed by atoms with Gasteiger partial charge in [0.2, 0.25) is 11.8 Å². The van der Waals surface area contributed by atoms with Gasteiger partial charge >= 0.3 is 0 Å². The van der Waals surface area contributed by atoms with Crippen molar-refractivity contribution in [1.29, 1.82) is 0 Å². The summed E-state index contributed by atoms with van der Waals surface area (Å²) in [6.07, 6.45) is 0.507. The summed E-state index contributed by atoms with van der Waals surface area (Å²) in [4.78, 5) is 47.3. The topological polar surface area (TPSA) is 92.9 Å². The number of hydrogen-bond donors (Lipinski definition) is 0. The Labute approximate surface area is 220 Å². The summed E-state index contributed by atoms with van der Waals surface area (Å²) < 4.78 is 11.5. The molecule has 0 N–H and O–H groups in total. The van der Waals surface area contributed by atoms with E-state index in [0.29, 0.717) is 29.3 Å². The van der Waals surface area contributed by atoms with Gasteiger partial charge in [-0.3, -0.25) is 14.4 Å². The molecule has 1 saturated heterocycles. The van der Waals surface area contributed by atoms with Crippen LogP contribution in [0.5, 0.6) is 5.75 Å². The number of oxazole rings is 1. The van der Waals surface area contributed by atoms with Crippen molar-refractivity contribution in [1.82, 2.24) is 9.88 Å². The molecule has 1 atom stereocenters. The van der Waals surface area contributed by atoms with Gasteiger partial charge in [0.25, 0.3) is 11.8 Å². The first kappa shape index (κ1) is 25.2. The first-order valence-electron chi connectivity index (χ1n) is 12.6. The van der Waals surface area contributed by atoms with Gasteiger partial charge in [0.05, 0.1) is 12.1 Å². The fraction of sp³-hybridized carbons (Fsp3) is 0.267. The highest BCUT2D eigenvalue weighted by molar-refractivity contribution is 6.23. The smallest absolute Gasteiger partial charge is 0.261 e. The number of aromatic nitrogens is 1. The summed E-state index contributed by atoms with van der Waals surface area (Å²) in [5.41, 5.74) is 1.93. The molecule has 194 valence electrons. The van der Waals surface area contributed by atoms with Crippen LogP contribution < -0.4 is 9.64 Å². The predicted molar refractivity (Wildman–Crippen MR) is 143 cm³/mol. The molecule has 0 saturated carbocycles. The van der Waals surface area contributed by atoms with E-state index in [9.17, 15) is 14.4 Å². The lowest BCUT2D eigenvalue weighted by atomic mass is 9.96. The fourth-order valence-electron chi connectivity index (χ4n) is 4.67. The maximum atomic E-state index is 13.6. The van der Waals surface area contributed by atoms with E-state index >= 15 is 0 Å². The molecule has 4 aromatic rings. The minimum absolute atomic E-state index is 0.0911. The zero-order chi connectivity index (χ0) is 26.9. The van der Waals surface area contributed by atoms with Crippen LogP contribution in [0.4, 0.5) is 5.69 Å². The Morgan fingerprint density at radius 2 is 1.71 bits per heavy atom. The number of nitrogens with zero attached hydrogens (tertiary/aromatic N) is 3. The molecule has 38 heavy (non-hydrogen) atoms. The van der Waals surface area contributed by atoms with Gasteiger partial charge in [-0.25, -0.2) is 9.88 Å². The van der Waals surface area contributed by atoms with E-state index < -0.39 is 17.5 Å². The van der Waals surface area contributed by atoms with Crippen LogP contribution in [0.2, 0.25) is 0 Å². The van der Waals surface area contributed by atoms with Crippen LogP contribution in [0, 0.1) is 0 Å². The molecule has 8 heteroatoms. The van der Waals surface area contributed by atoms with Gasteiger partial charge < -0.3 is 14.1 Å². The van der Waals surface area contributed by atoms with Gasteiger partial charge in [0.1, 0.15) is 17.3 Å². The molecule has 1 aromatic heterocycles. The molecule has 3 amide bonds. The molecular weight excluding hydrogens is 482 g/mol. The van der Waals surface area contributed by atoms with Gasteiger partial charge in [-0.1, -0.05) is 37.3 Å². The van der Waals surface area contributed by atoms with Crippen molar-refractivity contribution in [3.63, 3.8) is 0 Å². The van der Waals surface area contributed by atoms with E-state index in [-0.39, 0.29) is 24.8 Å². The standard InChI is InChI=1S/C30H29N3O5/c1-4-30(2,3)33(27(35)19-37-22-10-6-5-7-11-22)24-18-26(34)32(29(24)36)21-16-14-20(15-17-21)28-31-23-12-8-9-13-25(23)38-28/h5-17,24H,4,18-19H2,1-3H3. The molecule has 0 aliphatic carbocycles. The number of anilines is 1. The lowest BCUT2D eigenvalue weighted by molar-refractivity contribution is -0.146. The Hall–Kier alpha value is -4.46. The Balaban J connectivity index is 1.37. The summed E-state index contributed by atoms with van der Waals surface area (Å²) in [6.45, 7) is 5.50. The van der Waals surface area contributed by atoms with Gasteiger partial charge in [0.15, 0.2) is 12.2 Å². The molecule has 2 heterocycles. The summed E-state index contributed by atoms with van der Waals surface area (Å²) in [7, 11) is 0. The van der Waals surface area contributed by atoms with E-state index in [4.69, 9.17) is 9.15 Å². The Morgan fingerprint density at radius 1 is 1.03 bits per heavy atom. The van der Waals surface area contributed by atoms with Gasteiger partial charge in [0, 0.05) is 11.1 Å². The molecule has 1 aliphatic rings. The number of carbonyl (C=O) groups is 3. The van der Waals surface area contributed by atoms with E-state index in [1.54, 1.807) is 36.4 Å². The number of carbonyl (C=O) groups excluding carboxylic acids is 3. The van der Waals surface area contributed by atoms with Crippen molar-refractivity contribution >= 4 is 34.5 Å². The molecule has 1 fully saturated rings. The molecule has 5 rings (SSSR count). The molecule has 1 aliphatic heterocycles. The third kappa shape index (κ3) is 4.77. The van der Waals surface area contributed by atoms with E-state index in [2.05, 4.69) is 4.98 Å². The first-order valence-corrected chi connectivity index (χ1v) is 12.6. The van der Waals surface area contributed by atoms with E-state index in [1.165, 1.54) is 4.90 Å². The van der Waals surface area contributed by atoms with E-state index in [1.807, 2.05) is 63.2 Å². The van der Waals surface area contributed by atoms with Crippen molar-refractivity contribution in [3.8, 4) is 17.2 Å². The Kier molecular flexibility index (Phi) is 6.72. The Morgan fingerprint density at radius 3 is 2.39 bits per heavy atom. The zero-order valence-corrected chi connectivity index (χ0v) is 21.6. The van der Waals surface area contributed by atoms with Crippen molar-refractivity contribution in [2.75, 3.05) is 11.5 Å². The largest absolute Gasteiger partial charge is 0.484 e. The number of amides is 3. The van der Waals surface area contributed by atoms with Crippen LogP contribution in [0.1, 0.15) is 33.6 Å². The number of imide groups is 1. The average Bonchev–Trinajstić information content (AvgIpc) is 3.48. The van der Waals surface area contributed by atoms with Crippen molar-refractivity contribution < 1.29 is 23.5 Å². The molecule has 0 radical (unpaired) electrons. The number of rotatable bonds is 8. The minimum atomic E-state index is -0.916. The quantitative estimate of drug-likeness (QED) is 0.301. The molecule has 8 nitrogen and oxygen atoms in total. The number of ether oxygens (including phenoxy) is 1. The molecule has 0 bridgehead atoms. The summed E-state index contributed by atoms with van der Waals surface area (Å²) in [5, 5.41) is 0. The highest BCUT2D eigenvalue weighted by atomic mass is 16.5. The minimum Gasteiger partial charge on any atom is -0.484 e. The average molecular weight is 512 g/mol. The number of para-hydroxylation sites is 3. The number of hydrogen-bond acceptors (Lipinski definition) is 6. The summed E-state index contributed by atoms with van der Waals surface area (Å²) in [5.74, 6) is -0.123. The highest BCUT2D eigenvalue weighted by Gasteiger charge is 2.48. The van der Waals surface area contributed by atoms with Crippen LogP contribution >= 0.6 is 0 Å². The van der Waals surface area contributed by atoms with Crippen LogP contribution in [0.3, 0.4) is 0 Å². The monoisotopic (exact) mass is 511 g/mol. The second-order valence-corrected chi connectivity index (χ2v) is 9.85. The fourth-order valence-corrected chi connectivity index (χ4v) is 4.67. The van der Waals surface area contributed by atoms with Crippen LogP contribution in [-0.4, -0.2) is 45.8 Å². The van der Waals surface area contributed by atoms with Crippen molar-refractivity contribution in [3.05, 3.63) is 78.9 Å². The van der Waals surface area contributed by atoms with Crippen LogP contribution in [0.15, 0.2) is 83.3 Å². The predicted octanol–water partition coefficient (Wildman–Crippen LogP) is 5.22. The first-order chi connectivity index (χ1) is 18.3. The lowest BCUT2D eigenvalue weighted by Gasteiger charge is -2.41. The number of fused-ring (bicyclic) bond motifs is 1. The van der Waals surface area contributed by atoms with Crippen molar-refractivity contribution in [2.45, 2.75) is 45.2 Å². The van der Waals surface area contributed by atoms with Gasteiger partial charge in [-0.2, -0.15) is 0 Å². The SMILES string of the molecule is CCC(C)(C)N(C(=O)COc1ccccc1)C1CC(=O)N(c2ccc(-c3nc4ccccc4o3)cc2)C1=O. The number of benzene rings is 3. The lowest BCUT2D eigenvalue weighted by Crippen LogP contribution is -2.56. The van der Waals surface area contributed by atoms with Crippen LogP contribution in [0.25, 0.3) is 22.6 Å². The molecule has 1 unspecified atom stereocenters. The molecule has 3 aromatic carbocycles.